The van der Waals surface area contributed by atoms with Gasteiger partial charge in [0.15, 0.2) is 0 Å². The van der Waals surface area contributed by atoms with E-state index >= 15 is 0 Å². The number of nitrogens with zero attached hydrogens (tertiary/aromatic N) is 2. The van der Waals surface area contributed by atoms with Gasteiger partial charge in [-0.05, 0) is 11.8 Å². The third-order valence-corrected chi connectivity index (χ3v) is 5.86. The van der Waals surface area contributed by atoms with Gasteiger partial charge in [0.2, 0.25) is 10.0 Å². The first-order valence-corrected chi connectivity index (χ1v) is 9.33. The second-order valence-corrected chi connectivity index (χ2v) is 8.23. The fourth-order valence-electron chi connectivity index (χ4n) is 2.38. The van der Waals surface area contributed by atoms with Gasteiger partial charge in [-0.1, -0.05) is 19.8 Å². The fourth-order valence-corrected chi connectivity index (χ4v) is 4.36. The smallest absolute Gasteiger partial charge is 0.211 e. The van der Waals surface area contributed by atoms with Crippen LogP contribution in [0, 0.1) is 5.92 Å². The highest BCUT2D eigenvalue weighted by Crippen LogP contribution is 2.31. The van der Waals surface area contributed by atoms with E-state index in [1.165, 1.54) is 25.5 Å². The van der Waals surface area contributed by atoms with Crippen LogP contribution in [-0.2, 0) is 10.0 Å². The Morgan fingerprint density at radius 2 is 2.11 bits per heavy atom. The molecule has 18 heavy (non-hydrogen) atoms. The predicted molar refractivity (Wildman–Crippen MR) is 76.7 cm³/mol. The minimum absolute atomic E-state index is 0.493. The maximum absolute atomic E-state index is 11.3. The lowest BCUT2D eigenvalue weighted by Gasteiger charge is -2.40. The molecule has 1 unspecified atom stereocenters. The third-order valence-electron chi connectivity index (χ3n) is 3.52. The van der Waals surface area contributed by atoms with Crippen LogP contribution >= 0.6 is 11.8 Å². The van der Waals surface area contributed by atoms with Crippen LogP contribution in [-0.4, -0.2) is 48.9 Å². The number of unbranched alkanes of at least 4 members (excludes halogenated alkanes) is 1. The van der Waals surface area contributed by atoms with E-state index in [1.807, 2.05) is 11.8 Å². The summed E-state index contributed by atoms with van der Waals surface area (Å²) in [5.74, 6) is 0.493. The van der Waals surface area contributed by atoms with Crippen LogP contribution in [0.1, 0.15) is 26.2 Å². The number of hydrogen-bond acceptors (Lipinski definition) is 4. The quantitative estimate of drug-likeness (QED) is 0.749. The van der Waals surface area contributed by atoms with Gasteiger partial charge in [0.05, 0.1) is 11.6 Å². The van der Waals surface area contributed by atoms with E-state index in [0.717, 1.165) is 6.54 Å². The lowest BCUT2D eigenvalue weighted by molar-refractivity contribution is 0.153. The molecule has 0 N–H and O–H groups in total. The molecule has 4 nitrogen and oxygen atoms in total. The van der Waals surface area contributed by atoms with Crippen molar-refractivity contribution in [2.75, 3.05) is 25.9 Å². The van der Waals surface area contributed by atoms with Crippen molar-refractivity contribution < 1.29 is 8.42 Å². The second-order valence-electron chi connectivity index (χ2n) is 5.16. The summed E-state index contributed by atoms with van der Waals surface area (Å²) in [6.07, 6.45) is 7.16. The van der Waals surface area contributed by atoms with Gasteiger partial charge in [0.1, 0.15) is 0 Å². The van der Waals surface area contributed by atoms with Crippen LogP contribution in [0.5, 0.6) is 0 Å². The molecule has 104 valence electrons. The van der Waals surface area contributed by atoms with E-state index < -0.39 is 10.0 Å². The van der Waals surface area contributed by atoms with Crippen LogP contribution in [0.3, 0.4) is 0 Å². The first-order chi connectivity index (χ1) is 8.50. The maximum atomic E-state index is 11.3. The maximum Gasteiger partial charge on any atom is 0.211 e. The molecule has 0 aliphatic carbocycles. The summed E-state index contributed by atoms with van der Waals surface area (Å²) in [4.78, 5) is 2.38. The molecule has 2 aliphatic heterocycles. The zero-order valence-electron chi connectivity index (χ0n) is 11.1. The van der Waals surface area contributed by atoms with Crippen molar-refractivity contribution in [1.82, 2.24) is 9.21 Å². The van der Waals surface area contributed by atoms with Gasteiger partial charge in [-0.2, -0.15) is 0 Å². The first-order valence-electron chi connectivity index (χ1n) is 6.53. The van der Waals surface area contributed by atoms with Gasteiger partial charge in [0, 0.05) is 31.8 Å². The van der Waals surface area contributed by atoms with Gasteiger partial charge in [-0.15, -0.1) is 11.8 Å². The lowest BCUT2D eigenvalue weighted by Crippen LogP contribution is -2.53. The third kappa shape index (κ3) is 3.42. The highest BCUT2D eigenvalue weighted by molar-refractivity contribution is 8.02. The van der Waals surface area contributed by atoms with Crippen molar-refractivity contribution in [3.63, 3.8) is 0 Å². The summed E-state index contributed by atoms with van der Waals surface area (Å²) in [5, 5.41) is 2.73. The van der Waals surface area contributed by atoms with Crippen LogP contribution < -0.4 is 0 Å². The monoisotopic (exact) mass is 290 g/mol. The molecule has 0 bridgehead atoms. The molecule has 0 aromatic heterocycles. The summed E-state index contributed by atoms with van der Waals surface area (Å²) in [6, 6.07) is 0. The Hall–Kier alpha value is -0.200. The molecule has 1 saturated heterocycles. The Bertz CT molecular complexity index is 402. The summed E-state index contributed by atoms with van der Waals surface area (Å²) in [6.45, 7) is 4.58. The molecule has 2 rings (SSSR count). The van der Waals surface area contributed by atoms with Crippen molar-refractivity contribution in [1.29, 1.82) is 0 Å². The summed E-state index contributed by atoms with van der Waals surface area (Å²) in [5.41, 5.74) is 0. The Kier molecular flexibility index (Phi) is 4.61. The molecule has 0 aromatic carbocycles. The highest BCUT2D eigenvalue weighted by atomic mass is 32.2. The van der Waals surface area contributed by atoms with Crippen molar-refractivity contribution in [2.45, 2.75) is 31.6 Å². The Morgan fingerprint density at radius 3 is 2.72 bits per heavy atom. The highest BCUT2D eigenvalue weighted by Gasteiger charge is 2.35. The minimum atomic E-state index is -2.97. The molecule has 0 spiro atoms. The van der Waals surface area contributed by atoms with Crippen molar-refractivity contribution >= 4 is 21.8 Å². The van der Waals surface area contributed by atoms with Gasteiger partial charge in [0.25, 0.3) is 0 Å². The molecule has 0 amide bonds. The summed E-state index contributed by atoms with van der Waals surface area (Å²) in [7, 11) is -2.97. The van der Waals surface area contributed by atoms with E-state index in [-0.39, 0.29) is 0 Å². The number of sulfonamides is 1. The number of rotatable bonds is 6. The molecule has 2 heterocycles. The molecule has 1 fully saturated rings. The summed E-state index contributed by atoms with van der Waals surface area (Å²) < 4.78 is 24.2. The summed E-state index contributed by atoms with van der Waals surface area (Å²) >= 11 is 1.89. The van der Waals surface area contributed by atoms with Gasteiger partial charge >= 0.3 is 0 Å². The van der Waals surface area contributed by atoms with Crippen LogP contribution in [0.4, 0.5) is 0 Å². The van der Waals surface area contributed by atoms with Crippen molar-refractivity contribution in [3.8, 4) is 0 Å². The van der Waals surface area contributed by atoms with Crippen molar-refractivity contribution in [3.05, 3.63) is 11.6 Å². The normalized spacial score (nSPS) is 25.7. The minimum Gasteiger partial charge on any atom is -0.364 e. The SMILES string of the molecule is CCCCC1SC=CN1CC1CN(S(C)(=O)=O)C1. The molecule has 1 atom stereocenters. The van der Waals surface area contributed by atoms with E-state index in [9.17, 15) is 8.42 Å². The molecule has 2 aliphatic rings. The van der Waals surface area contributed by atoms with E-state index in [1.54, 1.807) is 4.31 Å². The van der Waals surface area contributed by atoms with E-state index in [4.69, 9.17) is 0 Å². The number of hydrogen-bond donors (Lipinski definition) is 0. The second kappa shape index (κ2) is 5.84. The van der Waals surface area contributed by atoms with Gasteiger partial charge in [-0.3, -0.25) is 0 Å². The zero-order valence-corrected chi connectivity index (χ0v) is 12.7. The Labute approximate surface area is 114 Å². The van der Waals surface area contributed by atoms with Gasteiger partial charge in [-0.25, -0.2) is 12.7 Å². The largest absolute Gasteiger partial charge is 0.364 e. The Morgan fingerprint density at radius 1 is 1.39 bits per heavy atom. The van der Waals surface area contributed by atoms with Crippen LogP contribution in [0.25, 0.3) is 0 Å². The molecule has 0 saturated carbocycles. The average Bonchev–Trinajstić information content (AvgIpc) is 2.65. The number of thioether (sulfide) groups is 1. The lowest BCUT2D eigenvalue weighted by atomic mass is 10.0. The van der Waals surface area contributed by atoms with Crippen LogP contribution in [0.2, 0.25) is 0 Å². The standard InChI is InChI=1S/C12H22N2O2S2/c1-3-4-5-12-13(6-7-17-12)8-11-9-14(10-11)18(2,15)16/h6-7,11-12H,3-5,8-10H2,1-2H3. The van der Waals surface area contributed by atoms with Crippen molar-refractivity contribution in [2.24, 2.45) is 5.92 Å². The predicted octanol–water partition coefficient (Wildman–Crippen LogP) is 1.91. The Balaban J connectivity index is 1.76. The van der Waals surface area contributed by atoms with Gasteiger partial charge < -0.3 is 4.90 Å². The van der Waals surface area contributed by atoms with E-state index in [0.29, 0.717) is 24.4 Å². The molecule has 0 radical (unpaired) electrons. The topological polar surface area (TPSA) is 40.6 Å². The molecular formula is C12H22N2O2S2. The first kappa shape index (κ1) is 14.2. The molecule has 0 aromatic rings. The van der Waals surface area contributed by atoms with E-state index in [2.05, 4.69) is 23.4 Å². The van der Waals surface area contributed by atoms with Crippen LogP contribution in [0.15, 0.2) is 11.6 Å². The zero-order chi connectivity index (χ0) is 13.2. The molecule has 6 heteroatoms. The molecular weight excluding hydrogens is 268 g/mol. The average molecular weight is 290 g/mol. The fraction of sp³-hybridized carbons (Fsp3) is 0.833.